The Morgan fingerprint density at radius 2 is 2.05 bits per heavy atom. The lowest BCUT2D eigenvalue weighted by Crippen LogP contribution is -2.28. The van der Waals surface area contributed by atoms with Crippen molar-refractivity contribution in [3.8, 4) is 0 Å². The van der Waals surface area contributed by atoms with Crippen molar-refractivity contribution in [3.63, 3.8) is 0 Å². The number of ether oxygens (including phenoxy) is 1. The van der Waals surface area contributed by atoms with Gasteiger partial charge >= 0.3 is 5.97 Å². The smallest absolute Gasteiger partial charge is 0.340 e. The largest absolute Gasteiger partial charge is 0.478 e. The minimum atomic E-state index is -1.09. The standard InChI is InChI=1S/C12H17N3O4S/c1-7-10(12(17)18)11(15-8(2)14-7)20-6-9(16)13-4-5-19-3/h4-6H2,1-3H3,(H,13,16)(H,17,18). The zero-order chi connectivity index (χ0) is 15.1. The summed E-state index contributed by atoms with van der Waals surface area (Å²) in [4.78, 5) is 30.9. The maximum absolute atomic E-state index is 11.6. The van der Waals surface area contributed by atoms with E-state index in [1.54, 1.807) is 21.0 Å². The minimum Gasteiger partial charge on any atom is -0.478 e. The maximum atomic E-state index is 11.6. The van der Waals surface area contributed by atoms with E-state index in [1.807, 2.05) is 0 Å². The van der Waals surface area contributed by atoms with Gasteiger partial charge in [0.05, 0.1) is 18.1 Å². The Kier molecular flexibility index (Phi) is 6.40. The van der Waals surface area contributed by atoms with Crippen molar-refractivity contribution in [1.82, 2.24) is 15.3 Å². The van der Waals surface area contributed by atoms with Crippen LogP contribution in [0.2, 0.25) is 0 Å². The Hall–Kier alpha value is -1.67. The van der Waals surface area contributed by atoms with Gasteiger partial charge in [-0.1, -0.05) is 11.8 Å². The van der Waals surface area contributed by atoms with Crippen LogP contribution in [0.4, 0.5) is 0 Å². The van der Waals surface area contributed by atoms with E-state index in [0.717, 1.165) is 11.8 Å². The molecule has 2 N–H and O–H groups in total. The quantitative estimate of drug-likeness (QED) is 0.433. The predicted molar refractivity (Wildman–Crippen MR) is 74.1 cm³/mol. The number of aromatic carboxylic acids is 1. The summed E-state index contributed by atoms with van der Waals surface area (Å²) in [7, 11) is 1.55. The summed E-state index contributed by atoms with van der Waals surface area (Å²) in [6.45, 7) is 4.15. The van der Waals surface area contributed by atoms with Crippen molar-refractivity contribution in [2.24, 2.45) is 0 Å². The van der Waals surface area contributed by atoms with E-state index in [2.05, 4.69) is 15.3 Å². The molecule has 20 heavy (non-hydrogen) atoms. The predicted octanol–water partition coefficient (Wildman–Crippen LogP) is 0.646. The van der Waals surface area contributed by atoms with Crippen LogP contribution in [0.1, 0.15) is 21.9 Å². The summed E-state index contributed by atoms with van der Waals surface area (Å²) in [6.07, 6.45) is 0. The third-order valence-corrected chi connectivity index (χ3v) is 3.33. The zero-order valence-electron chi connectivity index (χ0n) is 11.6. The lowest BCUT2D eigenvalue weighted by Gasteiger charge is -2.08. The van der Waals surface area contributed by atoms with Crippen LogP contribution in [0.15, 0.2) is 5.03 Å². The van der Waals surface area contributed by atoms with Gasteiger partial charge in [0, 0.05) is 13.7 Å². The molecule has 0 aromatic carbocycles. The number of aromatic nitrogens is 2. The second-order valence-corrected chi connectivity index (χ2v) is 4.94. The van der Waals surface area contributed by atoms with E-state index in [0.29, 0.717) is 29.7 Å². The van der Waals surface area contributed by atoms with E-state index in [4.69, 9.17) is 9.84 Å². The molecule has 0 aliphatic heterocycles. The second-order valence-electron chi connectivity index (χ2n) is 3.97. The first kappa shape index (κ1) is 16.4. The monoisotopic (exact) mass is 299 g/mol. The molecule has 0 fully saturated rings. The first-order valence-electron chi connectivity index (χ1n) is 5.92. The SMILES string of the molecule is COCCNC(=O)CSc1nc(C)nc(C)c1C(=O)O. The number of nitrogens with one attached hydrogen (secondary N) is 1. The number of nitrogens with zero attached hydrogens (tertiary/aromatic N) is 2. The van der Waals surface area contributed by atoms with Gasteiger partial charge in [-0.2, -0.15) is 0 Å². The molecule has 1 aromatic rings. The molecule has 7 nitrogen and oxygen atoms in total. The van der Waals surface area contributed by atoms with Crippen LogP contribution in [-0.2, 0) is 9.53 Å². The fraction of sp³-hybridized carbons (Fsp3) is 0.500. The van der Waals surface area contributed by atoms with E-state index in [1.165, 1.54) is 0 Å². The molecule has 0 unspecified atom stereocenters. The molecular weight excluding hydrogens is 282 g/mol. The van der Waals surface area contributed by atoms with E-state index < -0.39 is 5.97 Å². The Bertz CT molecular complexity index is 508. The van der Waals surface area contributed by atoms with Gasteiger partial charge in [-0.3, -0.25) is 4.79 Å². The van der Waals surface area contributed by atoms with Crippen molar-refractivity contribution >= 4 is 23.6 Å². The molecule has 1 heterocycles. The van der Waals surface area contributed by atoms with Crippen LogP contribution < -0.4 is 5.32 Å². The number of carboxylic acid groups (broad SMARTS) is 1. The molecule has 0 saturated heterocycles. The van der Waals surface area contributed by atoms with Gasteiger partial charge in [0.1, 0.15) is 16.4 Å². The lowest BCUT2D eigenvalue weighted by atomic mass is 10.2. The zero-order valence-corrected chi connectivity index (χ0v) is 12.4. The topological polar surface area (TPSA) is 101 Å². The third kappa shape index (κ3) is 4.78. The normalized spacial score (nSPS) is 10.3. The number of carbonyl (C=O) groups excluding carboxylic acids is 1. The van der Waals surface area contributed by atoms with Crippen molar-refractivity contribution in [2.45, 2.75) is 18.9 Å². The van der Waals surface area contributed by atoms with Crippen LogP contribution in [0.3, 0.4) is 0 Å². The highest BCUT2D eigenvalue weighted by Crippen LogP contribution is 2.22. The van der Waals surface area contributed by atoms with Crippen LogP contribution in [-0.4, -0.2) is 53.0 Å². The number of hydrogen-bond donors (Lipinski definition) is 2. The second kappa shape index (κ2) is 7.81. The fourth-order valence-electron chi connectivity index (χ4n) is 1.51. The Morgan fingerprint density at radius 1 is 1.35 bits per heavy atom. The first-order valence-corrected chi connectivity index (χ1v) is 6.91. The molecule has 0 atom stereocenters. The van der Waals surface area contributed by atoms with Gasteiger partial charge in [-0.05, 0) is 13.8 Å². The summed E-state index contributed by atoms with van der Waals surface area (Å²) in [5.74, 6) is -0.711. The highest BCUT2D eigenvalue weighted by molar-refractivity contribution is 8.00. The number of rotatable bonds is 7. The molecule has 110 valence electrons. The Morgan fingerprint density at radius 3 is 2.65 bits per heavy atom. The van der Waals surface area contributed by atoms with Gasteiger partial charge in [0.15, 0.2) is 0 Å². The number of methoxy groups -OCH3 is 1. The molecule has 1 rings (SSSR count). The van der Waals surface area contributed by atoms with Crippen LogP contribution in [0.5, 0.6) is 0 Å². The lowest BCUT2D eigenvalue weighted by molar-refractivity contribution is -0.118. The molecule has 0 saturated carbocycles. The highest BCUT2D eigenvalue weighted by Gasteiger charge is 2.18. The van der Waals surface area contributed by atoms with Gasteiger partial charge < -0.3 is 15.2 Å². The summed E-state index contributed by atoms with van der Waals surface area (Å²) in [6, 6.07) is 0. The van der Waals surface area contributed by atoms with E-state index in [9.17, 15) is 9.59 Å². The number of hydrogen-bond acceptors (Lipinski definition) is 6. The van der Waals surface area contributed by atoms with Gasteiger partial charge in [-0.25, -0.2) is 14.8 Å². The van der Waals surface area contributed by atoms with Gasteiger partial charge in [0.25, 0.3) is 0 Å². The molecule has 0 bridgehead atoms. The third-order valence-electron chi connectivity index (χ3n) is 2.35. The molecule has 1 amide bonds. The molecule has 1 aromatic heterocycles. The highest BCUT2D eigenvalue weighted by atomic mass is 32.2. The van der Waals surface area contributed by atoms with Crippen molar-refractivity contribution < 1.29 is 19.4 Å². The summed E-state index contributed by atoms with van der Waals surface area (Å²) < 4.78 is 4.82. The van der Waals surface area contributed by atoms with Crippen LogP contribution in [0, 0.1) is 13.8 Å². The molecule has 8 heteroatoms. The number of carboxylic acids is 1. The van der Waals surface area contributed by atoms with E-state index >= 15 is 0 Å². The average Bonchev–Trinajstić information content (AvgIpc) is 2.35. The number of thioether (sulfide) groups is 1. The maximum Gasteiger partial charge on any atom is 0.340 e. The number of amides is 1. The number of aryl methyl sites for hydroxylation is 2. The molecule has 0 spiro atoms. The Balaban J connectivity index is 2.72. The Labute approximate surface area is 121 Å². The minimum absolute atomic E-state index is 0.0466. The van der Waals surface area contributed by atoms with Crippen molar-refractivity contribution in [2.75, 3.05) is 26.0 Å². The van der Waals surface area contributed by atoms with Crippen LogP contribution in [0.25, 0.3) is 0 Å². The summed E-state index contributed by atoms with van der Waals surface area (Å²) >= 11 is 1.09. The van der Waals surface area contributed by atoms with Crippen molar-refractivity contribution in [1.29, 1.82) is 0 Å². The van der Waals surface area contributed by atoms with Gasteiger partial charge in [0.2, 0.25) is 5.91 Å². The van der Waals surface area contributed by atoms with Crippen LogP contribution >= 0.6 is 11.8 Å². The fourth-order valence-corrected chi connectivity index (χ4v) is 2.46. The first-order chi connectivity index (χ1) is 9.45. The molecule has 0 radical (unpaired) electrons. The van der Waals surface area contributed by atoms with Crippen molar-refractivity contribution in [3.05, 3.63) is 17.1 Å². The molecular formula is C12H17N3O4S. The summed E-state index contributed by atoms with van der Waals surface area (Å²) in [5.41, 5.74) is 0.442. The molecule has 0 aliphatic carbocycles. The molecule has 0 aliphatic rings. The van der Waals surface area contributed by atoms with E-state index in [-0.39, 0.29) is 17.2 Å². The summed E-state index contributed by atoms with van der Waals surface area (Å²) in [5, 5.41) is 12.1. The number of carbonyl (C=O) groups is 2. The average molecular weight is 299 g/mol. The van der Waals surface area contributed by atoms with Gasteiger partial charge in [-0.15, -0.1) is 0 Å².